The van der Waals surface area contributed by atoms with Crippen molar-refractivity contribution in [2.45, 2.75) is 30.8 Å². The molecule has 140 valence electrons. The van der Waals surface area contributed by atoms with Crippen LogP contribution in [0.4, 0.5) is 0 Å². The Bertz CT molecular complexity index is 891. The number of sulfonamides is 1. The molecule has 1 aliphatic heterocycles. The van der Waals surface area contributed by atoms with Gasteiger partial charge in [-0.2, -0.15) is 9.29 Å². The van der Waals surface area contributed by atoms with Gasteiger partial charge < -0.3 is 9.47 Å². The van der Waals surface area contributed by atoms with Crippen LogP contribution in [-0.2, 0) is 10.0 Å². The highest BCUT2D eigenvalue weighted by molar-refractivity contribution is 7.89. The zero-order valence-corrected chi connectivity index (χ0v) is 16.1. The third-order valence-corrected chi connectivity index (χ3v) is 6.43. The van der Waals surface area contributed by atoms with Crippen LogP contribution in [0.15, 0.2) is 35.4 Å². The van der Waals surface area contributed by atoms with Crippen molar-refractivity contribution in [2.75, 3.05) is 20.2 Å². The van der Waals surface area contributed by atoms with Crippen molar-refractivity contribution in [1.82, 2.24) is 14.3 Å². The van der Waals surface area contributed by atoms with Crippen LogP contribution in [0, 0.1) is 6.92 Å². The normalized spacial score (nSPS) is 18.5. The summed E-state index contributed by atoms with van der Waals surface area (Å²) >= 11 is 5.99. The van der Waals surface area contributed by atoms with Gasteiger partial charge in [0.2, 0.25) is 15.9 Å². The van der Waals surface area contributed by atoms with Crippen molar-refractivity contribution >= 4 is 21.6 Å². The van der Waals surface area contributed by atoms with Crippen molar-refractivity contribution < 1.29 is 17.9 Å². The second-order valence-corrected chi connectivity index (χ2v) is 8.38. The molecular formula is C17H20ClN3O4S. The molecule has 3 rings (SSSR count). The highest BCUT2D eigenvalue weighted by Crippen LogP contribution is 2.27. The third-order valence-electron chi connectivity index (χ3n) is 4.19. The molecule has 1 aromatic carbocycles. The Balaban J connectivity index is 1.78. The third kappa shape index (κ3) is 4.08. The minimum atomic E-state index is -3.64. The van der Waals surface area contributed by atoms with Crippen LogP contribution in [0.1, 0.15) is 18.4 Å². The molecule has 0 N–H and O–H groups in total. The van der Waals surface area contributed by atoms with Gasteiger partial charge in [0, 0.05) is 23.8 Å². The number of aromatic nitrogens is 2. The van der Waals surface area contributed by atoms with Gasteiger partial charge >= 0.3 is 6.01 Å². The first-order chi connectivity index (χ1) is 12.4. The molecule has 2 heterocycles. The van der Waals surface area contributed by atoms with Crippen molar-refractivity contribution in [2.24, 2.45) is 0 Å². The molecular weight excluding hydrogens is 378 g/mol. The Hall–Kier alpha value is -1.90. The van der Waals surface area contributed by atoms with Crippen molar-refractivity contribution in [3.8, 4) is 11.9 Å². The molecule has 0 saturated carbocycles. The van der Waals surface area contributed by atoms with Gasteiger partial charge in [-0.15, -0.1) is 0 Å². The van der Waals surface area contributed by atoms with Crippen LogP contribution in [0.2, 0.25) is 5.02 Å². The molecule has 0 spiro atoms. The maximum absolute atomic E-state index is 13.0. The Morgan fingerprint density at radius 3 is 2.88 bits per heavy atom. The Labute approximate surface area is 158 Å². The molecule has 1 saturated heterocycles. The molecule has 0 radical (unpaired) electrons. The zero-order valence-electron chi connectivity index (χ0n) is 14.6. The Morgan fingerprint density at radius 2 is 2.12 bits per heavy atom. The van der Waals surface area contributed by atoms with Gasteiger partial charge in [0.05, 0.1) is 18.6 Å². The topological polar surface area (TPSA) is 81.6 Å². The highest BCUT2D eigenvalue weighted by atomic mass is 35.5. The summed E-state index contributed by atoms with van der Waals surface area (Å²) in [7, 11) is -2.17. The second kappa shape index (κ2) is 7.77. The SMILES string of the molecule is COc1nccc(OC2CCCN(S(=O)(=O)c3cc(Cl)ccc3C)C2)n1. The summed E-state index contributed by atoms with van der Waals surface area (Å²) in [5.41, 5.74) is 0.665. The van der Waals surface area contributed by atoms with Gasteiger partial charge in [-0.05, 0) is 37.5 Å². The first-order valence-corrected chi connectivity index (χ1v) is 10.0. The summed E-state index contributed by atoms with van der Waals surface area (Å²) in [6.45, 7) is 2.45. The first kappa shape index (κ1) is 18.9. The van der Waals surface area contributed by atoms with Gasteiger partial charge in [0.1, 0.15) is 6.10 Å². The average molecular weight is 398 g/mol. The van der Waals surface area contributed by atoms with E-state index in [4.69, 9.17) is 21.1 Å². The predicted molar refractivity (Wildman–Crippen MR) is 97.2 cm³/mol. The number of benzene rings is 1. The molecule has 2 aromatic rings. The summed E-state index contributed by atoms with van der Waals surface area (Å²) in [6.07, 6.45) is 2.68. The van der Waals surface area contributed by atoms with E-state index in [1.807, 2.05) is 0 Å². The summed E-state index contributed by atoms with van der Waals surface area (Å²) < 4.78 is 38.3. The van der Waals surface area contributed by atoms with Crippen LogP contribution < -0.4 is 9.47 Å². The number of nitrogens with zero attached hydrogens (tertiary/aromatic N) is 3. The van der Waals surface area contributed by atoms with Crippen LogP contribution in [0.5, 0.6) is 11.9 Å². The molecule has 0 aliphatic carbocycles. The smallest absolute Gasteiger partial charge is 0.319 e. The Morgan fingerprint density at radius 1 is 1.31 bits per heavy atom. The second-order valence-electron chi connectivity index (χ2n) is 6.04. The van der Waals surface area contributed by atoms with Gasteiger partial charge in [-0.1, -0.05) is 17.7 Å². The van der Waals surface area contributed by atoms with Gasteiger partial charge in [0.25, 0.3) is 0 Å². The highest BCUT2D eigenvalue weighted by Gasteiger charge is 2.32. The number of aryl methyl sites for hydroxylation is 1. The minimum absolute atomic E-state index is 0.206. The summed E-state index contributed by atoms with van der Waals surface area (Å²) in [4.78, 5) is 8.28. The van der Waals surface area contributed by atoms with Gasteiger partial charge in [-0.25, -0.2) is 13.4 Å². The van der Waals surface area contributed by atoms with Crippen LogP contribution in [-0.4, -0.2) is 49.0 Å². The van der Waals surface area contributed by atoms with Gasteiger partial charge in [-0.3, -0.25) is 0 Å². The predicted octanol–water partition coefficient (Wildman–Crippen LogP) is 2.68. The number of piperidine rings is 1. The number of methoxy groups -OCH3 is 1. The molecule has 1 aliphatic rings. The molecule has 1 unspecified atom stereocenters. The largest absolute Gasteiger partial charge is 0.473 e. The quantitative estimate of drug-likeness (QED) is 0.771. The lowest BCUT2D eigenvalue weighted by Crippen LogP contribution is -2.44. The van der Waals surface area contributed by atoms with Crippen LogP contribution >= 0.6 is 11.6 Å². The summed E-state index contributed by atoms with van der Waals surface area (Å²) in [5.74, 6) is 0.361. The first-order valence-electron chi connectivity index (χ1n) is 8.20. The monoisotopic (exact) mass is 397 g/mol. The van der Waals surface area contributed by atoms with E-state index in [-0.39, 0.29) is 23.6 Å². The fraction of sp³-hybridized carbons (Fsp3) is 0.412. The van der Waals surface area contributed by atoms with Gasteiger partial charge in [0.15, 0.2) is 0 Å². The molecule has 9 heteroatoms. The van der Waals surface area contributed by atoms with E-state index >= 15 is 0 Å². The average Bonchev–Trinajstić information content (AvgIpc) is 2.64. The molecule has 1 fully saturated rings. The van der Waals surface area contributed by atoms with Crippen molar-refractivity contribution in [1.29, 1.82) is 0 Å². The maximum Gasteiger partial charge on any atom is 0.319 e. The van der Waals surface area contributed by atoms with E-state index in [1.165, 1.54) is 23.7 Å². The standard InChI is InChI=1S/C17H20ClN3O4S/c1-12-5-6-13(18)10-15(12)26(22,23)21-9-3-4-14(11-21)25-16-7-8-19-17(20-16)24-2/h5-8,10,14H,3-4,9,11H2,1-2H3. The van der Waals surface area contributed by atoms with E-state index < -0.39 is 10.0 Å². The van der Waals surface area contributed by atoms with Crippen LogP contribution in [0.25, 0.3) is 0 Å². The molecule has 1 atom stereocenters. The van der Waals surface area contributed by atoms with E-state index in [0.717, 1.165) is 6.42 Å². The van der Waals surface area contributed by atoms with Crippen LogP contribution in [0.3, 0.4) is 0 Å². The molecule has 26 heavy (non-hydrogen) atoms. The molecule has 0 bridgehead atoms. The lowest BCUT2D eigenvalue weighted by atomic mass is 10.1. The van der Waals surface area contributed by atoms with Crippen molar-refractivity contribution in [3.05, 3.63) is 41.0 Å². The lowest BCUT2D eigenvalue weighted by Gasteiger charge is -2.32. The zero-order chi connectivity index (χ0) is 18.7. The fourth-order valence-electron chi connectivity index (χ4n) is 2.87. The molecule has 7 nitrogen and oxygen atoms in total. The number of hydrogen-bond donors (Lipinski definition) is 0. The van der Waals surface area contributed by atoms with Crippen molar-refractivity contribution in [3.63, 3.8) is 0 Å². The van der Waals surface area contributed by atoms with E-state index in [0.29, 0.717) is 29.4 Å². The number of ether oxygens (including phenoxy) is 2. The number of halogens is 1. The minimum Gasteiger partial charge on any atom is -0.473 e. The molecule has 1 aromatic heterocycles. The van der Waals surface area contributed by atoms with E-state index in [9.17, 15) is 8.42 Å². The molecule has 0 amide bonds. The lowest BCUT2D eigenvalue weighted by molar-refractivity contribution is 0.123. The maximum atomic E-state index is 13.0. The number of hydrogen-bond acceptors (Lipinski definition) is 6. The van der Waals surface area contributed by atoms with E-state index in [1.54, 1.807) is 25.1 Å². The number of rotatable bonds is 5. The summed E-state index contributed by atoms with van der Waals surface area (Å²) in [5, 5.41) is 0.395. The Kier molecular flexibility index (Phi) is 5.64. The summed E-state index contributed by atoms with van der Waals surface area (Å²) in [6, 6.07) is 6.71. The van der Waals surface area contributed by atoms with E-state index in [2.05, 4.69) is 9.97 Å². The fourth-order valence-corrected chi connectivity index (χ4v) is 4.87.